The van der Waals surface area contributed by atoms with Crippen molar-refractivity contribution < 1.29 is 5.11 Å². The van der Waals surface area contributed by atoms with E-state index in [4.69, 9.17) is 5.11 Å². The molecule has 0 fully saturated rings. The first kappa shape index (κ1) is 12.7. The van der Waals surface area contributed by atoms with Gasteiger partial charge in [-0.25, -0.2) is 4.98 Å². The minimum atomic E-state index is 0.180. The number of aromatic nitrogens is 3. The lowest BCUT2D eigenvalue weighted by atomic mass is 10.1. The molecule has 0 spiro atoms. The number of rotatable bonds is 7. The Bertz CT molecular complexity index is 430. The number of nitrogens with one attached hydrogen (secondary N) is 1. The molecule has 0 saturated carbocycles. The van der Waals surface area contributed by atoms with Crippen molar-refractivity contribution in [2.45, 2.75) is 19.0 Å². The van der Waals surface area contributed by atoms with Gasteiger partial charge in [-0.15, -0.1) is 0 Å². The molecule has 0 aliphatic rings. The van der Waals surface area contributed by atoms with E-state index in [9.17, 15) is 0 Å². The molecule has 2 rings (SSSR count). The van der Waals surface area contributed by atoms with Gasteiger partial charge in [-0.3, -0.25) is 4.68 Å². The number of benzene rings is 1. The summed E-state index contributed by atoms with van der Waals surface area (Å²) in [5.41, 5.74) is 1.21. The largest absolute Gasteiger partial charge is 0.396 e. The lowest BCUT2D eigenvalue weighted by molar-refractivity contribution is 0.281. The third kappa shape index (κ3) is 3.65. The molecule has 1 aromatic heterocycles. The summed E-state index contributed by atoms with van der Waals surface area (Å²) in [4.78, 5) is 3.95. The average Bonchev–Trinajstić information content (AvgIpc) is 2.92. The van der Waals surface area contributed by atoms with Crippen molar-refractivity contribution >= 4 is 0 Å². The van der Waals surface area contributed by atoms with Gasteiger partial charge in [-0.1, -0.05) is 30.3 Å². The molecular formula is C13H18N4O. The van der Waals surface area contributed by atoms with Crippen LogP contribution in [0, 0.1) is 0 Å². The monoisotopic (exact) mass is 246 g/mol. The zero-order chi connectivity index (χ0) is 12.6. The molecule has 1 atom stereocenters. The highest BCUT2D eigenvalue weighted by Gasteiger charge is 2.11. The minimum Gasteiger partial charge on any atom is -0.396 e. The molecule has 0 aliphatic carbocycles. The van der Waals surface area contributed by atoms with Crippen LogP contribution in [-0.4, -0.2) is 33.0 Å². The summed E-state index contributed by atoms with van der Waals surface area (Å²) < 4.78 is 1.81. The molecule has 0 saturated heterocycles. The number of aliphatic hydroxyl groups excluding tert-OH is 1. The van der Waals surface area contributed by atoms with Crippen LogP contribution in [0.15, 0.2) is 43.0 Å². The maximum absolute atomic E-state index is 8.84. The van der Waals surface area contributed by atoms with Gasteiger partial charge in [-0.2, -0.15) is 5.10 Å². The Balaban J connectivity index is 2.03. The molecule has 5 nitrogen and oxygen atoms in total. The summed E-state index contributed by atoms with van der Waals surface area (Å²) in [6.45, 7) is 1.72. The predicted molar refractivity (Wildman–Crippen MR) is 68.9 cm³/mol. The van der Waals surface area contributed by atoms with Gasteiger partial charge in [0.05, 0.1) is 12.6 Å². The maximum atomic E-state index is 8.84. The highest BCUT2D eigenvalue weighted by molar-refractivity contribution is 5.18. The molecule has 0 aliphatic heterocycles. The fourth-order valence-electron chi connectivity index (χ4n) is 1.84. The van der Waals surface area contributed by atoms with E-state index in [1.165, 1.54) is 11.9 Å². The standard InChI is InChI=1S/C13H18N4O/c18-8-4-7-15-13(9-17-11-14-10-16-17)12-5-2-1-3-6-12/h1-3,5-6,10-11,13,15,18H,4,7-9H2. The molecule has 1 unspecified atom stereocenters. The molecule has 18 heavy (non-hydrogen) atoms. The Labute approximate surface area is 106 Å². The van der Waals surface area contributed by atoms with Crippen LogP contribution in [0.2, 0.25) is 0 Å². The zero-order valence-electron chi connectivity index (χ0n) is 10.2. The summed E-state index contributed by atoms with van der Waals surface area (Å²) in [6, 6.07) is 10.4. The van der Waals surface area contributed by atoms with Crippen LogP contribution in [0.1, 0.15) is 18.0 Å². The average molecular weight is 246 g/mol. The van der Waals surface area contributed by atoms with E-state index >= 15 is 0 Å². The van der Waals surface area contributed by atoms with Crippen molar-refractivity contribution in [1.82, 2.24) is 20.1 Å². The van der Waals surface area contributed by atoms with Gasteiger partial charge in [0.1, 0.15) is 12.7 Å². The topological polar surface area (TPSA) is 63.0 Å². The maximum Gasteiger partial charge on any atom is 0.137 e. The van der Waals surface area contributed by atoms with Crippen molar-refractivity contribution in [2.75, 3.05) is 13.2 Å². The van der Waals surface area contributed by atoms with E-state index in [0.29, 0.717) is 0 Å². The Morgan fingerprint density at radius 3 is 2.78 bits per heavy atom. The van der Waals surface area contributed by atoms with Gasteiger partial charge in [0, 0.05) is 6.61 Å². The molecule has 5 heteroatoms. The fraction of sp³-hybridized carbons (Fsp3) is 0.385. The summed E-state index contributed by atoms with van der Waals surface area (Å²) in [5.74, 6) is 0. The lowest BCUT2D eigenvalue weighted by Gasteiger charge is -2.18. The van der Waals surface area contributed by atoms with Crippen LogP contribution in [-0.2, 0) is 6.54 Å². The fourth-order valence-corrected chi connectivity index (χ4v) is 1.84. The summed E-state index contributed by atoms with van der Waals surface area (Å²) in [6.07, 6.45) is 4.00. The molecule has 2 aromatic rings. The second kappa shape index (κ2) is 6.88. The van der Waals surface area contributed by atoms with Crippen molar-refractivity contribution in [3.05, 3.63) is 48.5 Å². The first-order valence-corrected chi connectivity index (χ1v) is 6.12. The minimum absolute atomic E-state index is 0.180. The van der Waals surface area contributed by atoms with Crippen LogP contribution >= 0.6 is 0 Å². The number of aliphatic hydroxyl groups is 1. The molecular weight excluding hydrogens is 228 g/mol. The second-order valence-corrected chi connectivity index (χ2v) is 4.11. The highest BCUT2D eigenvalue weighted by Crippen LogP contribution is 2.14. The Morgan fingerprint density at radius 2 is 2.11 bits per heavy atom. The van der Waals surface area contributed by atoms with Crippen molar-refractivity contribution in [1.29, 1.82) is 0 Å². The SMILES string of the molecule is OCCCNC(Cn1cncn1)c1ccccc1. The van der Waals surface area contributed by atoms with Gasteiger partial charge >= 0.3 is 0 Å². The third-order valence-corrected chi connectivity index (χ3v) is 2.76. The van der Waals surface area contributed by atoms with Crippen molar-refractivity contribution in [3.8, 4) is 0 Å². The second-order valence-electron chi connectivity index (χ2n) is 4.11. The highest BCUT2D eigenvalue weighted by atomic mass is 16.3. The van der Waals surface area contributed by atoms with Crippen LogP contribution in [0.4, 0.5) is 0 Å². The van der Waals surface area contributed by atoms with Gasteiger partial charge in [0.25, 0.3) is 0 Å². The quantitative estimate of drug-likeness (QED) is 0.715. The molecule has 0 bridgehead atoms. The number of nitrogens with zero attached hydrogens (tertiary/aromatic N) is 3. The van der Waals surface area contributed by atoms with Gasteiger partial charge in [0.2, 0.25) is 0 Å². The van der Waals surface area contributed by atoms with E-state index < -0.39 is 0 Å². The summed E-state index contributed by atoms with van der Waals surface area (Å²) in [5, 5.41) is 16.4. The number of hydrogen-bond acceptors (Lipinski definition) is 4. The Hall–Kier alpha value is -1.72. The molecule has 1 heterocycles. The zero-order valence-corrected chi connectivity index (χ0v) is 10.2. The Kier molecular flexibility index (Phi) is 4.87. The summed E-state index contributed by atoms with van der Waals surface area (Å²) in [7, 11) is 0. The smallest absolute Gasteiger partial charge is 0.137 e. The molecule has 0 radical (unpaired) electrons. The molecule has 1 aromatic carbocycles. The van der Waals surface area contributed by atoms with E-state index in [1.807, 2.05) is 22.9 Å². The van der Waals surface area contributed by atoms with E-state index in [2.05, 4.69) is 27.5 Å². The summed E-state index contributed by atoms with van der Waals surface area (Å²) >= 11 is 0. The molecule has 96 valence electrons. The van der Waals surface area contributed by atoms with Crippen LogP contribution in [0.25, 0.3) is 0 Å². The Morgan fingerprint density at radius 1 is 1.28 bits per heavy atom. The van der Waals surface area contributed by atoms with Gasteiger partial charge in [-0.05, 0) is 18.5 Å². The molecule has 2 N–H and O–H groups in total. The normalized spacial score (nSPS) is 12.5. The lowest BCUT2D eigenvalue weighted by Crippen LogP contribution is -2.27. The van der Waals surface area contributed by atoms with Crippen LogP contribution in [0.5, 0.6) is 0 Å². The van der Waals surface area contributed by atoms with E-state index in [-0.39, 0.29) is 12.6 Å². The van der Waals surface area contributed by atoms with Crippen molar-refractivity contribution in [2.24, 2.45) is 0 Å². The first-order valence-electron chi connectivity index (χ1n) is 6.12. The van der Waals surface area contributed by atoms with E-state index in [1.54, 1.807) is 6.33 Å². The predicted octanol–water partition coefficient (Wildman–Crippen LogP) is 0.991. The van der Waals surface area contributed by atoms with Crippen LogP contribution in [0.3, 0.4) is 0 Å². The van der Waals surface area contributed by atoms with Crippen molar-refractivity contribution in [3.63, 3.8) is 0 Å². The van der Waals surface area contributed by atoms with Crippen LogP contribution < -0.4 is 5.32 Å². The van der Waals surface area contributed by atoms with E-state index in [0.717, 1.165) is 19.5 Å². The van der Waals surface area contributed by atoms with Gasteiger partial charge in [0.15, 0.2) is 0 Å². The van der Waals surface area contributed by atoms with Gasteiger partial charge < -0.3 is 10.4 Å². The third-order valence-electron chi connectivity index (χ3n) is 2.76. The number of hydrogen-bond donors (Lipinski definition) is 2. The molecule has 0 amide bonds. The first-order chi connectivity index (χ1) is 8.90.